The second-order valence-corrected chi connectivity index (χ2v) is 6.66. The minimum atomic E-state index is -0.991. The normalized spacial score (nSPS) is 14.0. The van der Waals surface area contributed by atoms with E-state index in [1.807, 2.05) is 30.3 Å². The van der Waals surface area contributed by atoms with E-state index in [-0.39, 0.29) is 23.2 Å². The number of esters is 1. The van der Waals surface area contributed by atoms with Gasteiger partial charge in [-0.2, -0.15) is 0 Å². The maximum Gasteiger partial charge on any atom is 0.341 e. The number of rotatable bonds is 8. The Kier molecular flexibility index (Phi) is 5.88. The third kappa shape index (κ3) is 5.06. The molecule has 3 rings (SSSR count). The molecule has 0 aromatic heterocycles. The van der Waals surface area contributed by atoms with Crippen LogP contribution in [0.2, 0.25) is 0 Å². The van der Waals surface area contributed by atoms with Crippen molar-refractivity contribution in [3.8, 4) is 0 Å². The minimum Gasteiger partial charge on any atom is -0.449 e. The van der Waals surface area contributed by atoms with E-state index in [2.05, 4.69) is 10.6 Å². The van der Waals surface area contributed by atoms with E-state index in [9.17, 15) is 19.7 Å². The van der Waals surface area contributed by atoms with Crippen LogP contribution in [0.25, 0.3) is 0 Å². The summed E-state index contributed by atoms with van der Waals surface area (Å²) in [6.45, 7) is 1.90. The number of carbonyl (C=O) groups is 2. The van der Waals surface area contributed by atoms with Gasteiger partial charge in [-0.05, 0) is 31.4 Å². The van der Waals surface area contributed by atoms with E-state index in [1.54, 1.807) is 0 Å². The number of hydrogen-bond acceptors (Lipinski definition) is 6. The lowest BCUT2D eigenvalue weighted by Crippen LogP contribution is -2.37. The number of nitro groups is 1. The van der Waals surface area contributed by atoms with Crippen LogP contribution in [0.4, 0.5) is 11.4 Å². The Morgan fingerprint density at radius 1 is 1.21 bits per heavy atom. The van der Waals surface area contributed by atoms with Crippen LogP contribution in [0.1, 0.15) is 35.7 Å². The molecule has 0 unspecified atom stereocenters. The Hall–Kier alpha value is -3.42. The van der Waals surface area contributed by atoms with Crippen molar-refractivity contribution in [2.45, 2.75) is 38.5 Å². The largest absolute Gasteiger partial charge is 0.449 e. The fourth-order valence-electron chi connectivity index (χ4n) is 2.59. The van der Waals surface area contributed by atoms with Crippen LogP contribution in [-0.2, 0) is 16.1 Å². The number of nitrogens with one attached hydrogen (secondary N) is 2. The first kappa shape index (κ1) is 19.3. The first-order valence-corrected chi connectivity index (χ1v) is 9.01. The molecule has 146 valence electrons. The quantitative estimate of drug-likeness (QED) is 0.412. The molecule has 1 aliphatic rings. The Balaban J connectivity index is 1.75. The second kappa shape index (κ2) is 8.51. The van der Waals surface area contributed by atoms with Crippen LogP contribution in [-0.4, -0.2) is 28.9 Å². The molecule has 0 heterocycles. The molecule has 0 saturated heterocycles. The van der Waals surface area contributed by atoms with Crippen molar-refractivity contribution in [1.29, 1.82) is 0 Å². The highest BCUT2D eigenvalue weighted by molar-refractivity contribution is 5.98. The summed E-state index contributed by atoms with van der Waals surface area (Å²) >= 11 is 0. The number of nitrogens with zero attached hydrogens (tertiary/aromatic N) is 1. The molecule has 1 atom stereocenters. The maximum atomic E-state index is 12.6. The average Bonchev–Trinajstić information content (AvgIpc) is 3.50. The highest BCUT2D eigenvalue weighted by Gasteiger charge is 2.28. The number of amides is 1. The predicted octanol–water partition coefficient (Wildman–Crippen LogP) is 3.03. The van der Waals surface area contributed by atoms with E-state index in [1.165, 1.54) is 19.1 Å². The van der Waals surface area contributed by atoms with E-state index in [4.69, 9.17) is 4.74 Å². The Morgan fingerprint density at radius 3 is 2.57 bits per heavy atom. The highest BCUT2D eigenvalue weighted by Crippen LogP contribution is 2.24. The number of ether oxygens (including phenoxy) is 1. The van der Waals surface area contributed by atoms with Crippen molar-refractivity contribution in [1.82, 2.24) is 5.32 Å². The van der Waals surface area contributed by atoms with E-state index >= 15 is 0 Å². The first-order chi connectivity index (χ1) is 13.4. The number of non-ortho nitro benzene ring substituents is 1. The Morgan fingerprint density at radius 2 is 1.93 bits per heavy atom. The van der Waals surface area contributed by atoms with Gasteiger partial charge in [0.25, 0.3) is 11.6 Å². The van der Waals surface area contributed by atoms with Gasteiger partial charge < -0.3 is 15.4 Å². The standard InChI is InChI=1S/C20H21N3O5/c1-13(19(24)22-15-7-8-15)28-20(25)17-11-16(23(26)27)9-10-18(17)21-12-14-5-3-2-4-6-14/h2-6,9-11,13,15,21H,7-8,12H2,1H3,(H,22,24)/t13-/m1/s1. The molecule has 1 saturated carbocycles. The molecule has 1 fully saturated rings. The van der Waals surface area contributed by atoms with E-state index in [0.29, 0.717) is 12.2 Å². The van der Waals surface area contributed by atoms with Crippen molar-refractivity contribution >= 4 is 23.3 Å². The first-order valence-electron chi connectivity index (χ1n) is 9.01. The van der Waals surface area contributed by atoms with E-state index < -0.39 is 17.0 Å². The van der Waals surface area contributed by atoms with Crippen molar-refractivity contribution < 1.29 is 19.2 Å². The molecule has 28 heavy (non-hydrogen) atoms. The minimum absolute atomic E-state index is 0.0104. The number of carbonyl (C=O) groups excluding carboxylic acids is 2. The highest BCUT2D eigenvalue weighted by atomic mass is 16.6. The molecule has 8 nitrogen and oxygen atoms in total. The Labute approximate surface area is 162 Å². The average molecular weight is 383 g/mol. The maximum absolute atomic E-state index is 12.6. The van der Waals surface area contributed by atoms with Gasteiger partial charge in [0.15, 0.2) is 6.10 Å². The van der Waals surface area contributed by atoms with Gasteiger partial charge >= 0.3 is 5.97 Å². The molecular weight excluding hydrogens is 362 g/mol. The zero-order valence-electron chi connectivity index (χ0n) is 15.4. The van der Waals surface area contributed by atoms with E-state index in [0.717, 1.165) is 24.5 Å². The van der Waals surface area contributed by atoms with Crippen molar-refractivity contribution in [2.24, 2.45) is 0 Å². The molecule has 2 N–H and O–H groups in total. The lowest BCUT2D eigenvalue weighted by Gasteiger charge is -2.15. The monoisotopic (exact) mass is 383 g/mol. The summed E-state index contributed by atoms with van der Waals surface area (Å²) in [6, 6.07) is 13.6. The summed E-state index contributed by atoms with van der Waals surface area (Å²) in [5.74, 6) is -1.17. The smallest absolute Gasteiger partial charge is 0.341 e. The van der Waals surface area contributed by atoms with Crippen LogP contribution in [0.3, 0.4) is 0 Å². The van der Waals surface area contributed by atoms with Crippen LogP contribution in [0, 0.1) is 10.1 Å². The lowest BCUT2D eigenvalue weighted by molar-refractivity contribution is -0.384. The molecule has 8 heteroatoms. The van der Waals surface area contributed by atoms with Crippen LogP contribution < -0.4 is 10.6 Å². The zero-order valence-corrected chi connectivity index (χ0v) is 15.4. The van der Waals surface area contributed by atoms with Gasteiger partial charge in [-0.15, -0.1) is 0 Å². The van der Waals surface area contributed by atoms with Crippen molar-refractivity contribution in [3.63, 3.8) is 0 Å². The molecular formula is C20H21N3O5. The number of anilines is 1. The van der Waals surface area contributed by atoms with Gasteiger partial charge in [0, 0.05) is 30.4 Å². The molecule has 0 radical (unpaired) electrons. The number of nitro benzene ring substituents is 1. The molecule has 0 spiro atoms. The summed E-state index contributed by atoms with van der Waals surface area (Å²) in [7, 11) is 0. The third-order valence-electron chi connectivity index (χ3n) is 4.34. The zero-order chi connectivity index (χ0) is 20.1. The molecule has 1 aliphatic carbocycles. The molecule has 2 aromatic carbocycles. The van der Waals surface area contributed by atoms with Gasteiger partial charge in [0.1, 0.15) is 0 Å². The predicted molar refractivity (Wildman–Crippen MR) is 103 cm³/mol. The summed E-state index contributed by atoms with van der Waals surface area (Å²) < 4.78 is 5.24. The second-order valence-electron chi connectivity index (χ2n) is 6.66. The summed E-state index contributed by atoms with van der Waals surface area (Å²) in [5, 5.41) is 17.0. The van der Waals surface area contributed by atoms with Gasteiger partial charge in [-0.25, -0.2) is 4.79 Å². The summed E-state index contributed by atoms with van der Waals surface area (Å²) in [6.07, 6.45) is 0.852. The third-order valence-corrected chi connectivity index (χ3v) is 4.34. The van der Waals surface area contributed by atoms with Crippen molar-refractivity contribution in [3.05, 3.63) is 69.8 Å². The number of hydrogen-bond donors (Lipinski definition) is 2. The number of benzene rings is 2. The van der Waals surface area contributed by atoms with Gasteiger partial charge in [-0.3, -0.25) is 14.9 Å². The molecule has 0 bridgehead atoms. The van der Waals surface area contributed by atoms with Gasteiger partial charge in [-0.1, -0.05) is 30.3 Å². The van der Waals surface area contributed by atoms with Crippen LogP contribution in [0.5, 0.6) is 0 Å². The molecule has 2 aromatic rings. The van der Waals surface area contributed by atoms with Crippen molar-refractivity contribution in [2.75, 3.05) is 5.32 Å². The Bertz CT molecular complexity index is 881. The summed E-state index contributed by atoms with van der Waals surface area (Å²) in [5.41, 5.74) is 1.16. The van der Waals surface area contributed by atoms with Crippen LogP contribution >= 0.6 is 0 Å². The van der Waals surface area contributed by atoms with Gasteiger partial charge in [0.2, 0.25) is 0 Å². The topological polar surface area (TPSA) is 111 Å². The SMILES string of the molecule is C[C@@H](OC(=O)c1cc([N+](=O)[O-])ccc1NCc1ccccc1)C(=O)NC1CC1. The molecule has 1 amide bonds. The fraction of sp³-hybridized carbons (Fsp3) is 0.300. The summed E-state index contributed by atoms with van der Waals surface area (Å²) in [4.78, 5) is 35.1. The lowest BCUT2D eigenvalue weighted by atomic mass is 10.1. The van der Waals surface area contributed by atoms with Crippen LogP contribution in [0.15, 0.2) is 48.5 Å². The molecule has 0 aliphatic heterocycles. The fourth-order valence-corrected chi connectivity index (χ4v) is 2.59. The van der Waals surface area contributed by atoms with Gasteiger partial charge in [0.05, 0.1) is 10.5 Å².